The third-order valence-corrected chi connectivity index (χ3v) is 5.12. The minimum Gasteiger partial charge on any atom is -0.496 e. The topological polar surface area (TPSA) is 72.4 Å². The number of ether oxygens (including phenoxy) is 3. The maximum atomic E-state index is 12.5. The van der Waals surface area contributed by atoms with Crippen molar-refractivity contribution >= 4 is 11.6 Å². The molecule has 0 radical (unpaired) electrons. The lowest BCUT2D eigenvalue weighted by Crippen LogP contribution is -2.42. The molecule has 1 aliphatic heterocycles. The minimum absolute atomic E-state index is 0.147. The van der Waals surface area contributed by atoms with Crippen molar-refractivity contribution in [3.8, 4) is 17.2 Å². The number of amides is 1. The Bertz CT molecular complexity index is 909. The normalized spacial score (nSPS) is 15.8. The second-order valence-corrected chi connectivity index (χ2v) is 7.03. The fourth-order valence-corrected chi connectivity index (χ4v) is 3.24. The first kappa shape index (κ1) is 21.6. The first-order valence-corrected chi connectivity index (χ1v) is 10.2. The predicted molar refractivity (Wildman–Crippen MR) is 116 cm³/mol. The van der Waals surface area contributed by atoms with Crippen LogP contribution in [0.15, 0.2) is 47.6 Å². The van der Waals surface area contributed by atoms with Crippen LogP contribution >= 0.6 is 0 Å². The van der Waals surface area contributed by atoms with Crippen LogP contribution in [0.4, 0.5) is 0 Å². The van der Waals surface area contributed by atoms with Crippen LogP contribution in [-0.2, 0) is 11.3 Å². The number of benzene rings is 2. The largest absolute Gasteiger partial charge is 0.496 e. The van der Waals surface area contributed by atoms with Gasteiger partial charge in [-0.3, -0.25) is 9.69 Å². The summed E-state index contributed by atoms with van der Waals surface area (Å²) in [4.78, 5) is 14.8. The SMILES string of the molecule is CCN(CC)Cc1cc(/C(C)=N\NC(=O)[C@H]2COc3ccccc3O2)ccc1OC. The van der Waals surface area contributed by atoms with Gasteiger partial charge in [0.1, 0.15) is 12.4 Å². The van der Waals surface area contributed by atoms with Crippen LogP contribution < -0.4 is 19.6 Å². The molecule has 1 N–H and O–H groups in total. The summed E-state index contributed by atoms with van der Waals surface area (Å²) in [6.07, 6.45) is -0.745. The van der Waals surface area contributed by atoms with Gasteiger partial charge in [0.05, 0.1) is 12.8 Å². The molecule has 7 heteroatoms. The second kappa shape index (κ2) is 10.1. The number of hydrogen-bond donors (Lipinski definition) is 1. The summed E-state index contributed by atoms with van der Waals surface area (Å²) in [6.45, 7) is 8.98. The van der Waals surface area contributed by atoms with Crippen LogP contribution in [0, 0.1) is 0 Å². The summed E-state index contributed by atoms with van der Waals surface area (Å²) in [7, 11) is 1.67. The van der Waals surface area contributed by atoms with Crippen LogP contribution in [0.1, 0.15) is 31.9 Å². The van der Waals surface area contributed by atoms with E-state index in [4.69, 9.17) is 14.2 Å². The van der Waals surface area contributed by atoms with Gasteiger partial charge < -0.3 is 14.2 Å². The van der Waals surface area contributed by atoms with Gasteiger partial charge in [-0.2, -0.15) is 5.10 Å². The highest BCUT2D eigenvalue weighted by Crippen LogP contribution is 2.30. The van der Waals surface area contributed by atoms with Gasteiger partial charge in [0.2, 0.25) is 6.10 Å². The van der Waals surface area contributed by atoms with Crippen LogP contribution in [0.25, 0.3) is 0 Å². The molecule has 1 aliphatic rings. The van der Waals surface area contributed by atoms with Crippen LogP contribution in [0.2, 0.25) is 0 Å². The summed E-state index contributed by atoms with van der Waals surface area (Å²) < 4.78 is 16.8. The van der Waals surface area contributed by atoms with Crippen LogP contribution in [0.3, 0.4) is 0 Å². The van der Waals surface area contributed by atoms with Crippen molar-refractivity contribution in [1.82, 2.24) is 10.3 Å². The summed E-state index contributed by atoms with van der Waals surface area (Å²) in [6, 6.07) is 13.2. The lowest BCUT2D eigenvalue weighted by molar-refractivity contribution is -0.130. The van der Waals surface area contributed by atoms with E-state index < -0.39 is 6.10 Å². The molecule has 0 aromatic heterocycles. The Hall–Kier alpha value is -3.06. The Labute approximate surface area is 177 Å². The predicted octanol–water partition coefficient (Wildman–Crippen LogP) is 3.22. The fraction of sp³-hybridized carbons (Fsp3) is 0.391. The van der Waals surface area contributed by atoms with Gasteiger partial charge in [0.25, 0.3) is 5.91 Å². The van der Waals surface area contributed by atoms with Crippen molar-refractivity contribution in [2.75, 3.05) is 26.8 Å². The third-order valence-electron chi connectivity index (χ3n) is 5.12. The van der Waals surface area contributed by atoms with E-state index in [1.54, 1.807) is 13.2 Å². The Morgan fingerprint density at radius 3 is 2.63 bits per heavy atom. The average molecular weight is 412 g/mol. The number of hydrazone groups is 1. The Kier molecular flexibility index (Phi) is 7.30. The standard InChI is InChI=1S/C23H29N3O4/c1-5-26(6-2)14-18-13-17(11-12-19(18)28-4)16(3)24-25-23(27)22-15-29-20-9-7-8-10-21(20)30-22/h7-13,22H,5-6,14-15H2,1-4H3,(H,25,27)/b24-16-/t22-/m1/s1. The maximum Gasteiger partial charge on any atom is 0.284 e. The molecule has 30 heavy (non-hydrogen) atoms. The van der Waals surface area contributed by atoms with E-state index in [2.05, 4.69) is 35.3 Å². The van der Waals surface area contributed by atoms with E-state index in [1.165, 1.54) is 0 Å². The Balaban J connectivity index is 1.68. The van der Waals surface area contributed by atoms with Crippen LogP contribution in [0.5, 0.6) is 17.2 Å². The average Bonchev–Trinajstić information content (AvgIpc) is 2.80. The monoisotopic (exact) mass is 411 g/mol. The van der Waals surface area contributed by atoms with Gasteiger partial charge in [0, 0.05) is 12.1 Å². The molecule has 0 bridgehead atoms. The highest BCUT2D eigenvalue weighted by atomic mass is 16.6. The molecule has 0 spiro atoms. The summed E-state index contributed by atoms with van der Waals surface area (Å²) in [5.41, 5.74) is 5.30. The van der Waals surface area contributed by atoms with Gasteiger partial charge in [0.15, 0.2) is 11.5 Å². The molecule has 2 aromatic rings. The van der Waals surface area contributed by atoms with E-state index in [9.17, 15) is 4.79 Å². The highest BCUT2D eigenvalue weighted by molar-refractivity contribution is 5.99. The first-order chi connectivity index (χ1) is 14.5. The lowest BCUT2D eigenvalue weighted by atomic mass is 10.1. The van der Waals surface area contributed by atoms with E-state index in [0.29, 0.717) is 17.2 Å². The minimum atomic E-state index is -0.745. The van der Waals surface area contributed by atoms with Crippen molar-refractivity contribution < 1.29 is 19.0 Å². The van der Waals surface area contributed by atoms with E-state index in [-0.39, 0.29) is 12.5 Å². The van der Waals surface area contributed by atoms with Crippen molar-refractivity contribution in [2.45, 2.75) is 33.4 Å². The Morgan fingerprint density at radius 1 is 1.20 bits per heavy atom. The zero-order valence-electron chi connectivity index (χ0n) is 18.0. The molecule has 1 atom stereocenters. The zero-order chi connectivity index (χ0) is 21.5. The van der Waals surface area contributed by atoms with Gasteiger partial charge in [-0.05, 0) is 55.9 Å². The molecule has 160 valence electrons. The number of para-hydroxylation sites is 2. The van der Waals surface area contributed by atoms with Gasteiger partial charge in [-0.25, -0.2) is 5.43 Å². The van der Waals surface area contributed by atoms with Crippen LogP contribution in [-0.4, -0.2) is 49.4 Å². The number of fused-ring (bicyclic) bond motifs is 1. The molecule has 1 heterocycles. The molecule has 3 rings (SSSR count). The molecular weight excluding hydrogens is 382 g/mol. The van der Waals surface area contributed by atoms with Crippen molar-refractivity contribution in [2.24, 2.45) is 5.10 Å². The number of hydrogen-bond acceptors (Lipinski definition) is 6. The zero-order valence-corrected chi connectivity index (χ0v) is 18.0. The fourth-order valence-electron chi connectivity index (χ4n) is 3.24. The van der Waals surface area contributed by atoms with Gasteiger partial charge in [-0.1, -0.05) is 26.0 Å². The summed E-state index contributed by atoms with van der Waals surface area (Å²) in [5.74, 6) is 1.69. The van der Waals surface area contributed by atoms with Crippen molar-refractivity contribution in [1.29, 1.82) is 0 Å². The molecule has 2 aromatic carbocycles. The maximum absolute atomic E-state index is 12.5. The van der Waals surface area contributed by atoms with Gasteiger partial charge >= 0.3 is 0 Å². The first-order valence-electron chi connectivity index (χ1n) is 10.2. The van der Waals surface area contributed by atoms with E-state index in [1.807, 2.05) is 37.3 Å². The smallest absolute Gasteiger partial charge is 0.284 e. The molecule has 0 unspecified atom stereocenters. The number of nitrogens with one attached hydrogen (secondary N) is 1. The lowest BCUT2D eigenvalue weighted by Gasteiger charge is -2.24. The second-order valence-electron chi connectivity index (χ2n) is 7.03. The van der Waals surface area contributed by atoms with Gasteiger partial charge in [-0.15, -0.1) is 0 Å². The van der Waals surface area contributed by atoms with Crippen molar-refractivity contribution in [3.05, 3.63) is 53.6 Å². The molecule has 0 saturated heterocycles. The number of nitrogens with zero attached hydrogens (tertiary/aromatic N) is 2. The number of rotatable bonds is 8. The molecule has 1 amide bonds. The van der Waals surface area contributed by atoms with E-state index in [0.717, 1.165) is 36.5 Å². The number of carbonyl (C=O) groups excluding carboxylic acids is 1. The molecule has 0 fully saturated rings. The third kappa shape index (κ3) is 5.10. The van der Waals surface area contributed by atoms with E-state index >= 15 is 0 Å². The number of methoxy groups -OCH3 is 1. The Morgan fingerprint density at radius 2 is 1.93 bits per heavy atom. The molecule has 0 saturated carbocycles. The molecule has 0 aliphatic carbocycles. The molecule has 7 nitrogen and oxygen atoms in total. The van der Waals surface area contributed by atoms with Crippen molar-refractivity contribution in [3.63, 3.8) is 0 Å². The number of carbonyl (C=O) groups is 1. The summed E-state index contributed by atoms with van der Waals surface area (Å²) in [5, 5.41) is 4.27. The highest BCUT2D eigenvalue weighted by Gasteiger charge is 2.27. The molecular formula is C23H29N3O4. The summed E-state index contributed by atoms with van der Waals surface area (Å²) >= 11 is 0. The quantitative estimate of drug-likeness (QED) is 0.533.